The Morgan fingerprint density at radius 1 is 1.28 bits per heavy atom. The molecule has 1 aliphatic rings. The van der Waals surface area contributed by atoms with E-state index in [0.717, 1.165) is 37.0 Å². The van der Waals surface area contributed by atoms with Crippen LogP contribution in [0.15, 0.2) is 6.07 Å². The highest BCUT2D eigenvalue weighted by Gasteiger charge is 2.21. The highest BCUT2D eigenvalue weighted by atomic mass is 15.1. The zero-order valence-electron chi connectivity index (χ0n) is 11.5. The summed E-state index contributed by atoms with van der Waals surface area (Å²) in [6, 6.07) is 2.63. The summed E-state index contributed by atoms with van der Waals surface area (Å²) in [5, 5.41) is 6.76. The zero-order chi connectivity index (χ0) is 13.0. The number of anilines is 2. The average molecular weight is 249 g/mol. The lowest BCUT2D eigenvalue weighted by atomic mass is 10.4. The molecule has 5 heteroatoms. The monoisotopic (exact) mass is 249 g/mol. The number of nitrogens with zero attached hydrogens (tertiary/aromatic N) is 3. The highest BCUT2D eigenvalue weighted by molar-refractivity contribution is 5.48. The van der Waals surface area contributed by atoms with E-state index >= 15 is 0 Å². The first kappa shape index (κ1) is 13.1. The Morgan fingerprint density at radius 2 is 2.00 bits per heavy atom. The molecule has 100 valence electrons. The molecule has 0 unspecified atom stereocenters. The fourth-order valence-electron chi connectivity index (χ4n) is 1.78. The van der Waals surface area contributed by atoms with Gasteiger partial charge in [-0.25, -0.2) is 9.97 Å². The summed E-state index contributed by atoms with van der Waals surface area (Å²) in [5.74, 6) is 2.68. The molecule has 18 heavy (non-hydrogen) atoms. The summed E-state index contributed by atoms with van der Waals surface area (Å²) in [4.78, 5) is 11.0. The first-order chi connectivity index (χ1) is 8.63. The molecule has 1 saturated carbocycles. The van der Waals surface area contributed by atoms with E-state index in [1.165, 1.54) is 12.8 Å². The van der Waals surface area contributed by atoms with Gasteiger partial charge in [0.2, 0.25) is 0 Å². The first-order valence-electron chi connectivity index (χ1n) is 6.64. The van der Waals surface area contributed by atoms with Crippen molar-refractivity contribution in [3.8, 4) is 0 Å². The van der Waals surface area contributed by atoms with Gasteiger partial charge in [-0.15, -0.1) is 0 Å². The molecule has 0 bridgehead atoms. The van der Waals surface area contributed by atoms with Crippen LogP contribution in [0.1, 0.15) is 25.1 Å². The van der Waals surface area contributed by atoms with Gasteiger partial charge in [0.15, 0.2) is 0 Å². The van der Waals surface area contributed by atoms with Crippen LogP contribution in [0.2, 0.25) is 0 Å². The second kappa shape index (κ2) is 6.00. The van der Waals surface area contributed by atoms with Crippen LogP contribution >= 0.6 is 0 Å². The van der Waals surface area contributed by atoms with Crippen molar-refractivity contribution in [2.75, 3.05) is 37.8 Å². The van der Waals surface area contributed by atoms with E-state index in [1.54, 1.807) is 0 Å². The minimum absolute atomic E-state index is 0.626. The molecule has 0 radical (unpaired) electrons. The molecule has 5 nitrogen and oxygen atoms in total. The second-order valence-corrected chi connectivity index (χ2v) is 5.19. The van der Waals surface area contributed by atoms with Crippen molar-refractivity contribution in [2.45, 2.75) is 32.2 Å². The standard InChI is InChI=1S/C13H23N5/c1-10-15-12(14-7-4-8-18(2)3)9-13(16-10)17-11-5-6-11/h9,11H,4-8H2,1-3H3,(H2,14,15,16,17). The van der Waals surface area contributed by atoms with E-state index in [2.05, 4.69) is 39.6 Å². The van der Waals surface area contributed by atoms with Crippen LogP contribution < -0.4 is 10.6 Å². The molecule has 0 aliphatic heterocycles. The average Bonchev–Trinajstić information content (AvgIpc) is 3.07. The van der Waals surface area contributed by atoms with Gasteiger partial charge in [-0.1, -0.05) is 0 Å². The van der Waals surface area contributed by atoms with Gasteiger partial charge in [-0.05, 0) is 46.8 Å². The van der Waals surface area contributed by atoms with Crippen molar-refractivity contribution in [3.05, 3.63) is 11.9 Å². The Hall–Kier alpha value is -1.36. The van der Waals surface area contributed by atoms with Gasteiger partial charge < -0.3 is 15.5 Å². The summed E-state index contributed by atoms with van der Waals surface area (Å²) in [6.07, 6.45) is 3.63. The van der Waals surface area contributed by atoms with E-state index in [-0.39, 0.29) is 0 Å². The van der Waals surface area contributed by atoms with Gasteiger partial charge in [0.1, 0.15) is 17.5 Å². The fraction of sp³-hybridized carbons (Fsp3) is 0.692. The number of aryl methyl sites for hydroxylation is 1. The van der Waals surface area contributed by atoms with Gasteiger partial charge in [0.05, 0.1) is 0 Å². The van der Waals surface area contributed by atoms with Crippen molar-refractivity contribution in [3.63, 3.8) is 0 Å². The normalized spacial score (nSPS) is 14.9. The number of hydrogen-bond acceptors (Lipinski definition) is 5. The van der Waals surface area contributed by atoms with Crippen molar-refractivity contribution >= 4 is 11.6 Å². The van der Waals surface area contributed by atoms with Crippen molar-refractivity contribution in [1.29, 1.82) is 0 Å². The maximum Gasteiger partial charge on any atom is 0.132 e. The maximum absolute atomic E-state index is 4.40. The molecule has 0 amide bonds. The third-order valence-corrected chi connectivity index (χ3v) is 2.86. The molecule has 2 rings (SSSR count). The first-order valence-corrected chi connectivity index (χ1v) is 6.64. The molecular formula is C13H23N5. The summed E-state index contributed by atoms with van der Waals surface area (Å²) >= 11 is 0. The molecule has 2 N–H and O–H groups in total. The Balaban J connectivity index is 1.84. The van der Waals surface area contributed by atoms with Crippen molar-refractivity contribution in [2.24, 2.45) is 0 Å². The maximum atomic E-state index is 4.40. The van der Waals surface area contributed by atoms with Crippen LogP contribution in [0.3, 0.4) is 0 Å². The molecule has 1 aromatic rings. The molecule has 0 aromatic carbocycles. The number of hydrogen-bond donors (Lipinski definition) is 2. The van der Waals surface area contributed by atoms with Crippen LogP contribution in [0, 0.1) is 6.92 Å². The number of nitrogens with one attached hydrogen (secondary N) is 2. The van der Waals surface area contributed by atoms with E-state index in [0.29, 0.717) is 6.04 Å². The van der Waals surface area contributed by atoms with Crippen LogP contribution in [0.4, 0.5) is 11.6 Å². The quantitative estimate of drug-likeness (QED) is 0.721. The Labute approximate surface area is 109 Å². The van der Waals surface area contributed by atoms with E-state index in [1.807, 2.05) is 13.0 Å². The number of aromatic nitrogens is 2. The fourth-order valence-corrected chi connectivity index (χ4v) is 1.78. The predicted molar refractivity (Wildman–Crippen MR) is 75.1 cm³/mol. The third-order valence-electron chi connectivity index (χ3n) is 2.86. The van der Waals surface area contributed by atoms with E-state index in [4.69, 9.17) is 0 Å². The Kier molecular flexibility index (Phi) is 4.36. The molecule has 1 aliphatic carbocycles. The smallest absolute Gasteiger partial charge is 0.132 e. The van der Waals surface area contributed by atoms with E-state index in [9.17, 15) is 0 Å². The zero-order valence-corrected chi connectivity index (χ0v) is 11.5. The van der Waals surface area contributed by atoms with Crippen LogP contribution in [-0.4, -0.2) is 48.1 Å². The van der Waals surface area contributed by atoms with Gasteiger partial charge in [-0.2, -0.15) is 0 Å². The minimum Gasteiger partial charge on any atom is -0.370 e. The third kappa shape index (κ3) is 4.49. The molecule has 1 heterocycles. The molecule has 1 aromatic heterocycles. The SMILES string of the molecule is Cc1nc(NCCCN(C)C)cc(NC2CC2)n1. The minimum atomic E-state index is 0.626. The number of rotatable bonds is 7. The molecule has 0 atom stereocenters. The summed E-state index contributed by atoms with van der Waals surface area (Å²) < 4.78 is 0. The van der Waals surface area contributed by atoms with Crippen molar-refractivity contribution in [1.82, 2.24) is 14.9 Å². The van der Waals surface area contributed by atoms with Gasteiger partial charge in [-0.3, -0.25) is 0 Å². The molecular weight excluding hydrogens is 226 g/mol. The molecule has 0 saturated heterocycles. The van der Waals surface area contributed by atoms with Crippen LogP contribution in [0.25, 0.3) is 0 Å². The van der Waals surface area contributed by atoms with Crippen LogP contribution in [-0.2, 0) is 0 Å². The Morgan fingerprint density at radius 3 is 2.67 bits per heavy atom. The molecule has 1 fully saturated rings. The summed E-state index contributed by atoms with van der Waals surface area (Å²) in [7, 11) is 4.18. The predicted octanol–water partition coefficient (Wildman–Crippen LogP) is 1.72. The lowest BCUT2D eigenvalue weighted by Gasteiger charge is -2.11. The van der Waals surface area contributed by atoms with E-state index < -0.39 is 0 Å². The lowest BCUT2D eigenvalue weighted by Crippen LogP contribution is -2.17. The van der Waals surface area contributed by atoms with Gasteiger partial charge >= 0.3 is 0 Å². The van der Waals surface area contributed by atoms with Crippen molar-refractivity contribution < 1.29 is 0 Å². The van der Waals surface area contributed by atoms with Gasteiger partial charge in [0.25, 0.3) is 0 Å². The molecule has 0 spiro atoms. The van der Waals surface area contributed by atoms with Crippen LogP contribution in [0.5, 0.6) is 0 Å². The summed E-state index contributed by atoms with van der Waals surface area (Å²) in [5.41, 5.74) is 0. The summed E-state index contributed by atoms with van der Waals surface area (Å²) in [6.45, 7) is 3.96. The lowest BCUT2D eigenvalue weighted by molar-refractivity contribution is 0.405. The second-order valence-electron chi connectivity index (χ2n) is 5.19. The van der Waals surface area contributed by atoms with Gasteiger partial charge in [0, 0.05) is 18.7 Å². The largest absolute Gasteiger partial charge is 0.370 e. The Bertz CT molecular complexity index is 387. The topological polar surface area (TPSA) is 53.1 Å². The highest BCUT2D eigenvalue weighted by Crippen LogP contribution is 2.24.